The highest BCUT2D eigenvalue weighted by Crippen LogP contribution is 2.24. The molecule has 2 aromatic rings. The molecule has 0 saturated carbocycles. The second-order valence-electron chi connectivity index (χ2n) is 5.47. The molecule has 0 bridgehead atoms. The maximum atomic E-state index is 12.3. The van der Waals surface area contributed by atoms with Crippen LogP contribution in [0.15, 0.2) is 36.4 Å². The second-order valence-corrected chi connectivity index (χ2v) is 6.63. The minimum atomic E-state index is 0.0800. The molecule has 116 valence electrons. The van der Waals surface area contributed by atoms with E-state index in [0.717, 1.165) is 15.5 Å². The van der Waals surface area contributed by atoms with Gasteiger partial charge in [-0.3, -0.25) is 4.79 Å². The van der Waals surface area contributed by atoms with Crippen molar-refractivity contribution in [3.63, 3.8) is 0 Å². The summed E-state index contributed by atoms with van der Waals surface area (Å²) in [5.74, 6) is 0.951. The van der Waals surface area contributed by atoms with E-state index < -0.39 is 0 Å². The molecule has 1 amide bonds. The Morgan fingerprint density at radius 3 is 2.86 bits per heavy atom. The lowest BCUT2D eigenvalue weighted by atomic mass is 10.1. The van der Waals surface area contributed by atoms with Crippen LogP contribution < -0.4 is 4.74 Å². The maximum absolute atomic E-state index is 12.3. The number of thiophene rings is 1. The number of ether oxygens (including phenoxy) is 2. The molecule has 1 aromatic heterocycles. The third-order valence-corrected chi connectivity index (χ3v) is 4.63. The van der Waals surface area contributed by atoms with E-state index in [2.05, 4.69) is 0 Å². The van der Waals surface area contributed by atoms with Crippen molar-refractivity contribution in [3.8, 4) is 5.75 Å². The van der Waals surface area contributed by atoms with Gasteiger partial charge in [0.05, 0.1) is 24.6 Å². The SMILES string of the molecule is COCc1ccc(C(=O)N2CC(Oc3cccc(C)c3)C2)s1. The second kappa shape index (κ2) is 6.50. The van der Waals surface area contributed by atoms with Crippen LogP contribution in [-0.4, -0.2) is 37.1 Å². The molecular formula is C17H19NO3S. The summed E-state index contributed by atoms with van der Waals surface area (Å²) >= 11 is 1.49. The average Bonchev–Trinajstić information content (AvgIpc) is 2.91. The Hall–Kier alpha value is -1.85. The summed E-state index contributed by atoms with van der Waals surface area (Å²) in [6.07, 6.45) is 0.0872. The standard InChI is InChI=1S/C17H19NO3S/c1-12-4-3-5-13(8-12)21-14-9-18(10-14)17(19)16-7-6-15(22-16)11-20-2/h3-8,14H,9-11H2,1-2H3. The Bertz CT molecular complexity index is 661. The maximum Gasteiger partial charge on any atom is 0.264 e. The normalized spacial score (nSPS) is 14.7. The molecule has 0 atom stereocenters. The quantitative estimate of drug-likeness (QED) is 0.850. The van der Waals surface area contributed by atoms with Gasteiger partial charge in [0, 0.05) is 12.0 Å². The fourth-order valence-electron chi connectivity index (χ4n) is 2.43. The first-order valence-electron chi connectivity index (χ1n) is 7.26. The summed E-state index contributed by atoms with van der Waals surface area (Å²) in [5.41, 5.74) is 1.18. The summed E-state index contributed by atoms with van der Waals surface area (Å²) < 4.78 is 11.0. The van der Waals surface area contributed by atoms with E-state index in [9.17, 15) is 4.79 Å². The van der Waals surface area contributed by atoms with Crippen molar-refractivity contribution in [3.05, 3.63) is 51.7 Å². The zero-order valence-corrected chi connectivity index (χ0v) is 13.6. The van der Waals surface area contributed by atoms with Gasteiger partial charge in [0.25, 0.3) is 5.91 Å². The van der Waals surface area contributed by atoms with Crippen molar-refractivity contribution in [2.24, 2.45) is 0 Å². The number of methoxy groups -OCH3 is 1. The lowest BCUT2D eigenvalue weighted by Crippen LogP contribution is -2.56. The highest BCUT2D eigenvalue weighted by Gasteiger charge is 2.33. The van der Waals surface area contributed by atoms with Gasteiger partial charge in [-0.05, 0) is 36.8 Å². The molecule has 0 spiro atoms. The van der Waals surface area contributed by atoms with Crippen molar-refractivity contribution >= 4 is 17.2 Å². The smallest absolute Gasteiger partial charge is 0.264 e. The van der Waals surface area contributed by atoms with Gasteiger partial charge in [-0.15, -0.1) is 11.3 Å². The van der Waals surface area contributed by atoms with Crippen LogP contribution in [0.3, 0.4) is 0 Å². The predicted molar refractivity (Wildman–Crippen MR) is 86.5 cm³/mol. The highest BCUT2D eigenvalue weighted by molar-refractivity contribution is 7.14. The molecule has 1 aromatic carbocycles. The fraction of sp³-hybridized carbons (Fsp3) is 0.353. The summed E-state index contributed by atoms with van der Waals surface area (Å²) in [6.45, 7) is 3.88. The van der Waals surface area contributed by atoms with Crippen molar-refractivity contribution < 1.29 is 14.3 Å². The molecule has 1 saturated heterocycles. The molecule has 1 fully saturated rings. The minimum Gasteiger partial charge on any atom is -0.487 e. The molecule has 1 aliphatic rings. The first-order valence-corrected chi connectivity index (χ1v) is 8.07. The van der Waals surface area contributed by atoms with Gasteiger partial charge < -0.3 is 14.4 Å². The first kappa shape index (κ1) is 15.1. The molecule has 1 aliphatic heterocycles. The molecule has 0 radical (unpaired) electrons. The van der Waals surface area contributed by atoms with Gasteiger partial charge in [-0.2, -0.15) is 0 Å². The third-order valence-electron chi connectivity index (χ3n) is 3.59. The topological polar surface area (TPSA) is 38.8 Å². The lowest BCUT2D eigenvalue weighted by Gasteiger charge is -2.38. The van der Waals surface area contributed by atoms with Crippen LogP contribution in [-0.2, 0) is 11.3 Å². The molecule has 0 aliphatic carbocycles. The van der Waals surface area contributed by atoms with Crippen LogP contribution in [0.4, 0.5) is 0 Å². The molecular weight excluding hydrogens is 298 g/mol. The number of nitrogens with zero attached hydrogens (tertiary/aromatic N) is 1. The predicted octanol–water partition coefficient (Wildman–Crippen LogP) is 3.11. The highest BCUT2D eigenvalue weighted by atomic mass is 32.1. The van der Waals surface area contributed by atoms with E-state index in [1.54, 1.807) is 7.11 Å². The van der Waals surface area contributed by atoms with E-state index in [4.69, 9.17) is 9.47 Å². The van der Waals surface area contributed by atoms with E-state index in [1.165, 1.54) is 16.9 Å². The summed E-state index contributed by atoms with van der Waals surface area (Å²) in [4.78, 5) is 16.0. The Labute approximate surface area is 134 Å². The number of benzene rings is 1. The Morgan fingerprint density at radius 1 is 1.32 bits per heavy atom. The number of amides is 1. The average molecular weight is 317 g/mol. The van der Waals surface area contributed by atoms with Gasteiger partial charge in [-0.1, -0.05) is 12.1 Å². The zero-order chi connectivity index (χ0) is 15.5. The van der Waals surface area contributed by atoms with Crippen LogP contribution in [0.5, 0.6) is 5.75 Å². The van der Waals surface area contributed by atoms with E-state index in [-0.39, 0.29) is 12.0 Å². The molecule has 22 heavy (non-hydrogen) atoms. The molecule has 0 unspecified atom stereocenters. The first-order chi connectivity index (χ1) is 10.7. The molecule has 3 rings (SSSR count). The van der Waals surface area contributed by atoms with Crippen LogP contribution in [0.1, 0.15) is 20.1 Å². The number of carbonyl (C=O) groups excluding carboxylic acids is 1. The summed E-state index contributed by atoms with van der Waals surface area (Å²) in [6, 6.07) is 11.8. The van der Waals surface area contributed by atoms with Crippen LogP contribution in [0, 0.1) is 6.92 Å². The van der Waals surface area contributed by atoms with Gasteiger partial charge in [0.2, 0.25) is 0 Å². The number of hydrogen-bond acceptors (Lipinski definition) is 4. The number of carbonyl (C=O) groups is 1. The van der Waals surface area contributed by atoms with Crippen molar-refractivity contribution in [1.82, 2.24) is 4.90 Å². The van der Waals surface area contributed by atoms with Gasteiger partial charge >= 0.3 is 0 Å². The lowest BCUT2D eigenvalue weighted by molar-refractivity contribution is 0.0181. The summed E-state index contributed by atoms with van der Waals surface area (Å²) in [5, 5.41) is 0. The molecule has 5 heteroatoms. The number of hydrogen-bond donors (Lipinski definition) is 0. The summed E-state index contributed by atoms with van der Waals surface area (Å²) in [7, 11) is 1.66. The number of aryl methyl sites for hydroxylation is 1. The Balaban J connectivity index is 1.53. The van der Waals surface area contributed by atoms with Crippen molar-refractivity contribution in [2.75, 3.05) is 20.2 Å². The largest absolute Gasteiger partial charge is 0.487 e. The van der Waals surface area contributed by atoms with Crippen molar-refractivity contribution in [1.29, 1.82) is 0 Å². The van der Waals surface area contributed by atoms with E-state index in [0.29, 0.717) is 19.7 Å². The molecule has 0 N–H and O–H groups in total. The third kappa shape index (κ3) is 3.31. The number of likely N-dealkylation sites (tertiary alicyclic amines) is 1. The van der Waals surface area contributed by atoms with E-state index >= 15 is 0 Å². The van der Waals surface area contributed by atoms with Gasteiger partial charge in [-0.25, -0.2) is 0 Å². The Kier molecular flexibility index (Phi) is 4.45. The fourth-order valence-corrected chi connectivity index (χ4v) is 3.38. The van der Waals surface area contributed by atoms with E-state index in [1.807, 2.05) is 48.2 Å². The van der Waals surface area contributed by atoms with Crippen LogP contribution >= 0.6 is 11.3 Å². The minimum absolute atomic E-state index is 0.0800. The molecule has 2 heterocycles. The molecule has 4 nitrogen and oxygen atoms in total. The monoisotopic (exact) mass is 317 g/mol. The number of rotatable bonds is 5. The van der Waals surface area contributed by atoms with Gasteiger partial charge in [0.15, 0.2) is 0 Å². The van der Waals surface area contributed by atoms with Crippen molar-refractivity contribution in [2.45, 2.75) is 19.6 Å². The van der Waals surface area contributed by atoms with Gasteiger partial charge in [0.1, 0.15) is 11.9 Å². The Morgan fingerprint density at radius 2 is 2.14 bits per heavy atom. The zero-order valence-electron chi connectivity index (χ0n) is 12.7. The van der Waals surface area contributed by atoms with Crippen LogP contribution in [0.2, 0.25) is 0 Å². The van der Waals surface area contributed by atoms with Crippen LogP contribution in [0.25, 0.3) is 0 Å².